The first kappa shape index (κ1) is 25.5. The molecule has 1 aromatic carbocycles. The Labute approximate surface area is 233 Å². The second-order valence-electron chi connectivity index (χ2n) is 8.10. The minimum Gasteiger partial charge on any atom is -0.477 e. The van der Waals surface area contributed by atoms with E-state index in [1.165, 1.54) is 0 Å². The fourth-order valence-corrected chi connectivity index (χ4v) is 6.69. The maximum atomic E-state index is 11.5. The van der Waals surface area contributed by atoms with Crippen LogP contribution < -0.4 is 9.64 Å². The normalized spacial score (nSPS) is 13.4. The molecule has 4 heterocycles. The quantitative estimate of drug-likeness (QED) is 0.240. The molecule has 0 aliphatic carbocycles. The smallest absolute Gasteiger partial charge is 0.347 e. The summed E-state index contributed by atoms with van der Waals surface area (Å²) in [6.07, 6.45) is 3.11. The van der Waals surface area contributed by atoms with Crippen LogP contribution in [-0.2, 0) is 11.3 Å². The summed E-state index contributed by atoms with van der Waals surface area (Å²) >= 11 is 7.87. The molecule has 0 radical (unpaired) electrons. The molecule has 3 aromatic heterocycles. The number of furan rings is 1. The third-order valence-corrected chi connectivity index (χ3v) is 9.02. The number of aromatic carboxylic acids is 1. The molecule has 4 aromatic rings. The Hall–Kier alpha value is -3.17. The van der Waals surface area contributed by atoms with Crippen LogP contribution in [0.25, 0.3) is 22.4 Å². The van der Waals surface area contributed by atoms with Gasteiger partial charge in [-0.2, -0.15) is 5.26 Å². The lowest BCUT2D eigenvalue weighted by Gasteiger charge is -2.28. The van der Waals surface area contributed by atoms with Gasteiger partial charge in [-0.15, -0.1) is 11.3 Å². The number of nitriles is 1. The molecule has 1 aliphatic heterocycles. The maximum absolute atomic E-state index is 11.5. The van der Waals surface area contributed by atoms with Crippen molar-refractivity contribution in [3.05, 3.63) is 73.2 Å². The summed E-state index contributed by atoms with van der Waals surface area (Å²) < 4.78 is 17.8. The number of morpholine rings is 1. The van der Waals surface area contributed by atoms with Gasteiger partial charge >= 0.3 is 5.97 Å². The Morgan fingerprint density at radius 1 is 1.19 bits per heavy atom. The van der Waals surface area contributed by atoms with Gasteiger partial charge < -0.3 is 23.9 Å². The summed E-state index contributed by atoms with van der Waals surface area (Å²) in [5.74, 6) is -0.889. The van der Waals surface area contributed by atoms with Gasteiger partial charge in [-0.05, 0) is 56.1 Å². The summed E-state index contributed by atoms with van der Waals surface area (Å²) in [6.45, 7) is 3.11. The third-order valence-electron chi connectivity index (χ3n) is 5.91. The number of pyridine rings is 1. The maximum Gasteiger partial charge on any atom is 0.347 e. The van der Waals surface area contributed by atoms with Crippen molar-refractivity contribution in [2.45, 2.75) is 6.61 Å². The Morgan fingerprint density at radius 2 is 1.95 bits per heavy atom. The van der Waals surface area contributed by atoms with Crippen molar-refractivity contribution in [2.24, 2.45) is 0 Å². The second kappa shape index (κ2) is 11.1. The van der Waals surface area contributed by atoms with E-state index >= 15 is 0 Å². The number of nitrogens with zero attached hydrogens (tertiary/aromatic N) is 3. The standard InChI is InChI=1S/C26H19Br2N3O5S/c27-22-20(24(28)37-23(22)26(32)33)14-36-25-19(12-29)18(16-5-8-35-13-16)11-21(30-25)15-1-3-17(4-2-15)31-6-9-34-10-7-31/h1-5,8,11,13H,6-7,9-10,14H2,(H,32,33). The Morgan fingerprint density at radius 3 is 2.57 bits per heavy atom. The number of hydrogen-bond donors (Lipinski definition) is 1. The van der Waals surface area contributed by atoms with Crippen LogP contribution in [0.1, 0.15) is 20.8 Å². The molecule has 0 bridgehead atoms. The SMILES string of the molecule is N#Cc1c(-c2ccoc2)cc(-c2ccc(N3CCOCC3)cc2)nc1OCc1c(Br)sc(C(=O)O)c1Br. The van der Waals surface area contributed by atoms with E-state index in [0.29, 0.717) is 38.3 Å². The molecule has 1 N–H and O–H groups in total. The number of carbonyl (C=O) groups is 1. The Bertz CT molecular complexity index is 1470. The first-order valence-electron chi connectivity index (χ1n) is 11.2. The number of hydrogen-bond acceptors (Lipinski definition) is 8. The first-order valence-corrected chi connectivity index (χ1v) is 13.6. The predicted molar refractivity (Wildman–Crippen MR) is 146 cm³/mol. The minimum absolute atomic E-state index is 0.0108. The number of thiophene rings is 1. The largest absolute Gasteiger partial charge is 0.477 e. The van der Waals surface area contributed by atoms with Gasteiger partial charge in [0.25, 0.3) is 0 Å². The molecule has 0 saturated carbocycles. The van der Waals surface area contributed by atoms with Gasteiger partial charge in [0.1, 0.15) is 23.1 Å². The average molecular weight is 645 g/mol. The van der Waals surface area contributed by atoms with Crippen LogP contribution in [0.3, 0.4) is 0 Å². The molecule has 8 nitrogen and oxygen atoms in total. The number of rotatable bonds is 7. The van der Waals surface area contributed by atoms with Gasteiger partial charge in [-0.3, -0.25) is 0 Å². The van der Waals surface area contributed by atoms with E-state index in [1.807, 2.05) is 30.3 Å². The number of carboxylic acids is 1. The van der Waals surface area contributed by atoms with Crippen LogP contribution in [0.5, 0.6) is 5.88 Å². The lowest BCUT2D eigenvalue weighted by Crippen LogP contribution is -2.36. The molecule has 1 saturated heterocycles. The van der Waals surface area contributed by atoms with E-state index in [2.05, 4.69) is 42.8 Å². The molecule has 0 spiro atoms. The highest BCUT2D eigenvalue weighted by molar-refractivity contribution is 9.11. The Kier molecular flexibility index (Phi) is 7.62. The predicted octanol–water partition coefficient (Wildman–Crippen LogP) is 6.58. The van der Waals surface area contributed by atoms with Crippen LogP contribution in [0.15, 0.2) is 61.6 Å². The highest BCUT2D eigenvalue weighted by Crippen LogP contribution is 2.39. The summed E-state index contributed by atoms with van der Waals surface area (Å²) in [7, 11) is 0. The van der Waals surface area contributed by atoms with E-state index < -0.39 is 5.97 Å². The molecule has 1 fully saturated rings. The van der Waals surface area contributed by atoms with Crippen molar-refractivity contribution in [1.82, 2.24) is 4.98 Å². The van der Waals surface area contributed by atoms with Crippen molar-refractivity contribution in [3.63, 3.8) is 0 Å². The van der Waals surface area contributed by atoms with Crippen LogP contribution in [0.2, 0.25) is 0 Å². The number of ether oxygens (including phenoxy) is 2. The van der Waals surface area contributed by atoms with Crippen molar-refractivity contribution in [2.75, 3.05) is 31.2 Å². The Balaban J connectivity index is 1.52. The van der Waals surface area contributed by atoms with Crippen molar-refractivity contribution in [3.8, 4) is 34.3 Å². The van der Waals surface area contributed by atoms with Crippen molar-refractivity contribution < 1.29 is 23.8 Å². The molecule has 11 heteroatoms. The topological polar surface area (TPSA) is 109 Å². The van der Waals surface area contributed by atoms with E-state index in [1.54, 1.807) is 18.6 Å². The fourth-order valence-electron chi connectivity index (χ4n) is 4.01. The summed E-state index contributed by atoms with van der Waals surface area (Å²) in [4.78, 5) is 18.6. The number of aromatic nitrogens is 1. The molecule has 0 amide bonds. The monoisotopic (exact) mass is 643 g/mol. The molecule has 0 atom stereocenters. The van der Waals surface area contributed by atoms with E-state index in [-0.39, 0.29) is 22.9 Å². The summed E-state index contributed by atoms with van der Waals surface area (Å²) in [6, 6.07) is 13.9. The number of anilines is 1. The van der Waals surface area contributed by atoms with Crippen LogP contribution in [0.4, 0.5) is 5.69 Å². The molecule has 188 valence electrons. The molecule has 1 aliphatic rings. The molecule has 0 unspecified atom stereocenters. The van der Waals surface area contributed by atoms with Crippen LogP contribution in [-0.4, -0.2) is 42.4 Å². The van der Waals surface area contributed by atoms with Gasteiger partial charge in [0.15, 0.2) is 0 Å². The van der Waals surface area contributed by atoms with Gasteiger partial charge in [0.2, 0.25) is 5.88 Å². The van der Waals surface area contributed by atoms with E-state index in [9.17, 15) is 15.2 Å². The molecule has 37 heavy (non-hydrogen) atoms. The van der Waals surface area contributed by atoms with Gasteiger partial charge in [0.05, 0.1) is 39.7 Å². The van der Waals surface area contributed by atoms with Crippen LogP contribution in [0, 0.1) is 11.3 Å². The number of benzene rings is 1. The lowest BCUT2D eigenvalue weighted by atomic mass is 10.0. The zero-order valence-corrected chi connectivity index (χ0v) is 23.2. The van der Waals surface area contributed by atoms with E-state index in [4.69, 9.17) is 18.9 Å². The van der Waals surface area contributed by atoms with E-state index in [0.717, 1.165) is 41.2 Å². The zero-order valence-electron chi connectivity index (χ0n) is 19.2. The highest BCUT2D eigenvalue weighted by Gasteiger charge is 2.22. The van der Waals surface area contributed by atoms with Gasteiger partial charge in [0, 0.05) is 41.0 Å². The average Bonchev–Trinajstić information content (AvgIpc) is 3.56. The highest BCUT2D eigenvalue weighted by atomic mass is 79.9. The van der Waals surface area contributed by atoms with Crippen LogP contribution >= 0.6 is 43.2 Å². The van der Waals surface area contributed by atoms with Crippen molar-refractivity contribution >= 4 is 54.9 Å². The third kappa shape index (κ3) is 5.29. The zero-order chi connectivity index (χ0) is 25.9. The minimum atomic E-state index is -1.04. The summed E-state index contributed by atoms with van der Waals surface area (Å²) in [5.41, 5.74) is 4.84. The number of carboxylic acid groups (broad SMARTS) is 1. The molecular formula is C26H19Br2N3O5S. The lowest BCUT2D eigenvalue weighted by molar-refractivity contribution is 0.0701. The first-order chi connectivity index (χ1) is 18.0. The van der Waals surface area contributed by atoms with Gasteiger partial charge in [-0.25, -0.2) is 9.78 Å². The number of halogens is 2. The molecular weight excluding hydrogens is 626 g/mol. The van der Waals surface area contributed by atoms with Crippen molar-refractivity contribution in [1.29, 1.82) is 5.26 Å². The fraction of sp³-hybridized carbons (Fsp3) is 0.192. The van der Waals surface area contributed by atoms with Gasteiger partial charge in [-0.1, -0.05) is 12.1 Å². The second-order valence-corrected chi connectivity index (χ2v) is 11.2. The summed E-state index contributed by atoms with van der Waals surface area (Å²) in [5, 5.41) is 19.4. The molecule has 5 rings (SSSR count).